The highest BCUT2D eigenvalue weighted by Gasteiger charge is 2.62. The number of carbonyl (C=O) groups excluding carboxylic acids is 4. The van der Waals surface area contributed by atoms with E-state index in [1.54, 1.807) is 27.7 Å². The van der Waals surface area contributed by atoms with Crippen LogP contribution in [0, 0.1) is 5.92 Å². The molecule has 2 saturated carbocycles. The molecule has 1 saturated heterocycles. The Hall–Kier alpha value is -2.63. The van der Waals surface area contributed by atoms with Crippen molar-refractivity contribution in [1.29, 1.82) is 0 Å². The van der Waals surface area contributed by atoms with Crippen LogP contribution < -0.4 is 15.4 Å². The maximum atomic E-state index is 13.6. The Morgan fingerprint density at radius 3 is 2.49 bits per heavy atom. The quantitative estimate of drug-likeness (QED) is 0.442. The number of rotatable bonds is 4. The minimum absolute atomic E-state index is 0.288. The van der Waals surface area contributed by atoms with Crippen LogP contribution in [0.3, 0.4) is 0 Å². The van der Waals surface area contributed by atoms with Crippen LogP contribution in [0.1, 0.15) is 91.9 Å². The van der Waals surface area contributed by atoms with Gasteiger partial charge in [0.25, 0.3) is 5.91 Å². The summed E-state index contributed by atoms with van der Waals surface area (Å²) in [5, 5.41) is 5.54. The molecule has 2 aliphatic carbocycles. The normalized spacial score (nSPS) is 31.1. The van der Waals surface area contributed by atoms with Crippen molar-refractivity contribution in [3.8, 4) is 0 Å². The minimum Gasteiger partial charge on any atom is -0.444 e. The molecule has 218 valence electrons. The molecular formula is C27H42N4O7S. The van der Waals surface area contributed by atoms with E-state index in [1.165, 1.54) is 4.90 Å². The lowest BCUT2D eigenvalue weighted by Gasteiger charge is -2.30. The third-order valence-electron chi connectivity index (χ3n) is 8.16. The predicted molar refractivity (Wildman–Crippen MR) is 144 cm³/mol. The largest absolute Gasteiger partial charge is 0.444 e. The number of fused-ring (bicyclic) bond motifs is 2. The Morgan fingerprint density at radius 1 is 1.10 bits per heavy atom. The van der Waals surface area contributed by atoms with Crippen molar-refractivity contribution >= 4 is 33.8 Å². The number of allylic oxidation sites excluding steroid dienone is 1. The lowest BCUT2D eigenvalue weighted by molar-refractivity contribution is -0.141. The molecule has 4 atom stereocenters. The second kappa shape index (κ2) is 10.7. The SMILES string of the molecule is CC(C)(C)OC(=O)NC1CCCCCC=CC2CC2(C(=O)NS(=O)(=O)C2(C)CC2)NC(=O)C2CCCN2C1=O. The third-order valence-corrected chi connectivity index (χ3v) is 10.3. The number of ether oxygens (including phenoxy) is 1. The van der Waals surface area contributed by atoms with Gasteiger partial charge in [-0.25, -0.2) is 13.2 Å². The summed E-state index contributed by atoms with van der Waals surface area (Å²) in [5.74, 6) is -1.92. The smallest absolute Gasteiger partial charge is 0.408 e. The second-order valence-corrected chi connectivity index (χ2v) is 14.8. The van der Waals surface area contributed by atoms with E-state index in [0.29, 0.717) is 45.1 Å². The highest BCUT2D eigenvalue weighted by atomic mass is 32.2. The fraction of sp³-hybridized carbons (Fsp3) is 0.778. The molecule has 0 spiro atoms. The lowest BCUT2D eigenvalue weighted by atomic mass is 10.0. The van der Waals surface area contributed by atoms with E-state index in [0.717, 1.165) is 19.3 Å². The van der Waals surface area contributed by atoms with Gasteiger partial charge >= 0.3 is 6.09 Å². The molecule has 4 unspecified atom stereocenters. The van der Waals surface area contributed by atoms with Gasteiger partial charge in [0.2, 0.25) is 21.8 Å². The molecule has 4 rings (SSSR count). The molecule has 4 aliphatic rings. The summed E-state index contributed by atoms with van der Waals surface area (Å²) in [6.45, 7) is 7.17. The zero-order valence-corrected chi connectivity index (χ0v) is 24.2. The summed E-state index contributed by atoms with van der Waals surface area (Å²) in [6, 6.07) is -1.66. The Labute approximate surface area is 230 Å². The number of alkyl carbamates (subject to hydrolysis) is 1. The van der Waals surface area contributed by atoms with Crippen LogP contribution in [-0.4, -0.2) is 71.6 Å². The van der Waals surface area contributed by atoms with Crippen LogP contribution in [0.2, 0.25) is 0 Å². The first-order valence-corrected chi connectivity index (χ1v) is 15.5. The van der Waals surface area contributed by atoms with Gasteiger partial charge in [0.1, 0.15) is 23.2 Å². The number of nitrogens with zero attached hydrogens (tertiary/aromatic N) is 1. The summed E-state index contributed by atoms with van der Waals surface area (Å²) < 4.78 is 32.2. The van der Waals surface area contributed by atoms with E-state index in [9.17, 15) is 27.6 Å². The molecule has 2 aliphatic heterocycles. The molecule has 0 aromatic heterocycles. The summed E-state index contributed by atoms with van der Waals surface area (Å²) in [6.07, 6.45) is 8.96. The van der Waals surface area contributed by atoms with E-state index in [1.807, 2.05) is 12.2 Å². The Bertz CT molecular complexity index is 1140. The summed E-state index contributed by atoms with van der Waals surface area (Å²) in [7, 11) is -3.88. The predicted octanol–water partition coefficient (Wildman–Crippen LogP) is 2.26. The van der Waals surface area contributed by atoms with Crippen molar-refractivity contribution in [1.82, 2.24) is 20.3 Å². The van der Waals surface area contributed by atoms with Gasteiger partial charge in [0, 0.05) is 12.5 Å². The molecule has 11 nitrogen and oxygen atoms in total. The molecule has 2 heterocycles. The minimum atomic E-state index is -3.88. The molecule has 0 bridgehead atoms. The molecule has 3 fully saturated rings. The van der Waals surface area contributed by atoms with Crippen LogP contribution >= 0.6 is 0 Å². The Kier molecular flexibility index (Phi) is 8.08. The highest BCUT2D eigenvalue weighted by Crippen LogP contribution is 2.47. The standard InChI is InChI=1S/C27H42N4O7S/c1-25(2,3)38-24(35)28-19-12-9-7-5-6-8-11-18-17-27(18,23(34)30-39(36,37)26(4)14-15-26)29-21(32)20-13-10-16-31(20)22(19)33/h8,11,18-20H,5-7,9-10,12-17H2,1-4H3,(H,28,35)(H,29,32)(H,30,34). The lowest BCUT2D eigenvalue weighted by Crippen LogP contribution is -2.58. The summed E-state index contributed by atoms with van der Waals surface area (Å²) in [5.41, 5.74) is -2.10. The third kappa shape index (κ3) is 6.58. The van der Waals surface area contributed by atoms with Crippen molar-refractivity contribution in [3.05, 3.63) is 12.2 Å². The molecule has 3 N–H and O–H groups in total. The molecule has 4 amide bonds. The number of hydrogen-bond acceptors (Lipinski definition) is 7. The second-order valence-electron chi connectivity index (χ2n) is 12.6. The zero-order valence-electron chi connectivity index (χ0n) is 23.4. The average Bonchev–Trinajstić information content (AvgIpc) is 3.68. The van der Waals surface area contributed by atoms with E-state index >= 15 is 0 Å². The maximum absolute atomic E-state index is 13.6. The average molecular weight is 567 g/mol. The van der Waals surface area contributed by atoms with Gasteiger partial charge in [-0.2, -0.15) is 0 Å². The van der Waals surface area contributed by atoms with Crippen LogP contribution in [0.5, 0.6) is 0 Å². The fourth-order valence-electron chi connectivity index (χ4n) is 5.32. The van der Waals surface area contributed by atoms with E-state index < -0.39 is 55.9 Å². The molecule has 0 radical (unpaired) electrons. The first-order valence-electron chi connectivity index (χ1n) is 14.0. The zero-order chi connectivity index (χ0) is 28.6. The van der Waals surface area contributed by atoms with Crippen LogP contribution in [0.25, 0.3) is 0 Å². The van der Waals surface area contributed by atoms with Gasteiger partial charge in [0.15, 0.2) is 0 Å². The van der Waals surface area contributed by atoms with E-state index in [4.69, 9.17) is 4.74 Å². The molecular weight excluding hydrogens is 524 g/mol. The number of hydrogen-bond donors (Lipinski definition) is 3. The van der Waals surface area contributed by atoms with E-state index in [-0.39, 0.29) is 18.2 Å². The van der Waals surface area contributed by atoms with Gasteiger partial charge < -0.3 is 20.3 Å². The molecule has 39 heavy (non-hydrogen) atoms. The van der Waals surface area contributed by atoms with Crippen molar-refractivity contribution < 1.29 is 32.3 Å². The van der Waals surface area contributed by atoms with Gasteiger partial charge in [-0.1, -0.05) is 25.0 Å². The van der Waals surface area contributed by atoms with Crippen LogP contribution in [0.15, 0.2) is 12.2 Å². The van der Waals surface area contributed by atoms with Gasteiger partial charge in [-0.05, 0) is 79.1 Å². The van der Waals surface area contributed by atoms with Crippen molar-refractivity contribution in [2.75, 3.05) is 6.54 Å². The van der Waals surface area contributed by atoms with Gasteiger partial charge in [0.05, 0.1) is 4.75 Å². The van der Waals surface area contributed by atoms with Crippen LogP contribution in [0.4, 0.5) is 4.79 Å². The highest BCUT2D eigenvalue weighted by molar-refractivity contribution is 7.91. The molecule has 0 aromatic rings. The van der Waals surface area contributed by atoms with E-state index in [2.05, 4.69) is 15.4 Å². The molecule has 12 heteroatoms. The summed E-state index contributed by atoms with van der Waals surface area (Å²) in [4.78, 5) is 54.5. The first kappa shape index (κ1) is 29.4. The Balaban J connectivity index is 1.55. The van der Waals surface area contributed by atoms with Crippen molar-refractivity contribution in [2.24, 2.45) is 5.92 Å². The van der Waals surface area contributed by atoms with Gasteiger partial charge in [-0.3, -0.25) is 19.1 Å². The Morgan fingerprint density at radius 2 is 1.82 bits per heavy atom. The monoisotopic (exact) mass is 566 g/mol. The van der Waals surface area contributed by atoms with Crippen LogP contribution in [-0.2, 0) is 29.1 Å². The van der Waals surface area contributed by atoms with Crippen molar-refractivity contribution in [3.63, 3.8) is 0 Å². The number of nitrogens with one attached hydrogen (secondary N) is 3. The number of amides is 4. The summed E-state index contributed by atoms with van der Waals surface area (Å²) >= 11 is 0. The molecule has 0 aromatic carbocycles. The maximum Gasteiger partial charge on any atom is 0.408 e. The topological polar surface area (TPSA) is 151 Å². The van der Waals surface area contributed by atoms with Crippen molar-refractivity contribution in [2.45, 2.75) is 120 Å². The van der Waals surface area contributed by atoms with Gasteiger partial charge in [-0.15, -0.1) is 0 Å². The first-order chi connectivity index (χ1) is 18.2. The number of carbonyl (C=O) groups is 4. The fourth-order valence-corrected chi connectivity index (χ4v) is 6.64. The number of sulfonamides is 1.